The van der Waals surface area contributed by atoms with Crippen molar-refractivity contribution in [2.45, 2.75) is 97.1 Å². The molecule has 164 valence electrons. The summed E-state index contributed by atoms with van der Waals surface area (Å²) >= 11 is 0. The van der Waals surface area contributed by atoms with Gasteiger partial charge in [0.1, 0.15) is 6.04 Å². The number of amides is 1. The quantitative estimate of drug-likeness (QED) is 0.520. The molecule has 29 heavy (non-hydrogen) atoms. The van der Waals surface area contributed by atoms with E-state index in [2.05, 4.69) is 49.2 Å². The van der Waals surface area contributed by atoms with Crippen LogP contribution in [0.15, 0.2) is 18.2 Å². The third-order valence-electron chi connectivity index (χ3n) is 6.20. The van der Waals surface area contributed by atoms with Crippen LogP contribution in [0.3, 0.4) is 0 Å². The molecular formula is C25H42N2O2. The number of fused-ring (bicyclic) bond motifs is 1. The molecule has 0 unspecified atom stereocenters. The fourth-order valence-electron chi connectivity index (χ4n) is 4.52. The number of rotatable bonds is 11. The lowest BCUT2D eigenvalue weighted by Crippen LogP contribution is -2.54. The highest BCUT2D eigenvalue weighted by atomic mass is 16.3. The van der Waals surface area contributed by atoms with Gasteiger partial charge in [0.25, 0.3) is 0 Å². The van der Waals surface area contributed by atoms with Crippen LogP contribution >= 0.6 is 0 Å². The Kier molecular flexibility index (Phi) is 9.99. The van der Waals surface area contributed by atoms with Gasteiger partial charge in [-0.2, -0.15) is 0 Å². The second kappa shape index (κ2) is 12.2. The average molecular weight is 403 g/mol. The largest absolute Gasteiger partial charge is 0.394 e. The number of anilines is 1. The molecule has 0 saturated heterocycles. The number of hydrogen-bond donors (Lipinski definition) is 2. The molecule has 0 aromatic heterocycles. The van der Waals surface area contributed by atoms with Crippen molar-refractivity contribution in [1.82, 2.24) is 5.32 Å². The third kappa shape index (κ3) is 7.02. The van der Waals surface area contributed by atoms with Gasteiger partial charge in [-0.15, -0.1) is 0 Å². The van der Waals surface area contributed by atoms with Crippen molar-refractivity contribution < 1.29 is 9.90 Å². The van der Waals surface area contributed by atoms with Crippen molar-refractivity contribution >= 4 is 11.6 Å². The zero-order chi connectivity index (χ0) is 21.2. The number of likely N-dealkylation sites (N-methyl/N-ethyl adjacent to an activating group) is 1. The number of aliphatic hydroxyl groups is 1. The number of nitrogens with one attached hydrogen (secondary N) is 1. The summed E-state index contributed by atoms with van der Waals surface area (Å²) in [6.45, 7) is 6.40. The van der Waals surface area contributed by atoms with Crippen molar-refractivity contribution in [3.63, 3.8) is 0 Å². The van der Waals surface area contributed by atoms with Gasteiger partial charge >= 0.3 is 0 Å². The van der Waals surface area contributed by atoms with Crippen LogP contribution in [-0.2, 0) is 17.6 Å². The number of unbranched alkanes of at least 4 members (excludes halogenated alkanes) is 7. The van der Waals surface area contributed by atoms with E-state index in [-0.39, 0.29) is 30.5 Å². The summed E-state index contributed by atoms with van der Waals surface area (Å²) in [6.07, 6.45) is 12.4. The summed E-state index contributed by atoms with van der Waals surface area (Å²) < 4.78 is 0. The monoisotopic (exact) mass is 402 g/mol. The minimum atomic E-state index is -0.221. The number of aliphatic hydroxyl groups excluding tert-OH is 1. The smallest absolute Gasteiger partial charge is 0.243 e. The van der Waals surface area contributed by atoms with Gasteiger partial charge in [-0.05, 0) is 42.4 Å². The summed E-state index contributed by atoms with van der Waals surface area (Å²) in [5.74, 6) is 0.210. The maximum Gasteiger partial charge on any atom is 0.243 e. The average Bonchev–Trinajstić information content (AvgIpc) is 2.69. The first-order chi connectivity index (χ1) is 14.0. The Morgan fingerprint density at radius 3 is 2.38 bits per heavy atom. The van der Waals surface area contributed by atoms with E-state index in [1.54, 1.807) is 0 Å². The Morgan fingerprint density at radius 1 is 1.10 bits per heavy atom. The van der Waals surface area contributed by atoms with E-state index in [0.717, 1.165) is 12.1 Å². The van der Waals surface area contributed by atoms with Crippen LogP contribution in [-0.4, -0.2) is 36.8 Å². The Morgan fingerprint density at radius 2 is 1.76 bits per heavy atom. The summed E-state index contributed by atoms with van der Waals surface area (Å²) in [5, 5.41) is 12.7. The Labute approximate surface area is 178 Å². The molecule has 1 aliphatic rings. The van der Waals surface area contributed by atoms with E-state index in [0.29, 0.717) is 6.42 Å². The molecule has 2 rings (SSSR count). The van der Waals surface area contributed by atoms with Crippen LogP contribution in [0.1, 0.15) is 83.3 Å². The van der Waals surface area contributed by atoms with Gasteiger partial charge in [0.15, 0.2) is 0 Å². The van der Waals surface area contributed by atoms with Crippen LogP contribution in [0, 0.1) is 5.92 Å². The molecule has 0 radical (unpaired) electrons. The fraction of sp³-hybridized carbons (Fsp3) is 0.720. The Bertz CT molecular complexity index is 629. The number of carbonyl (C=O) groups excluding carboxylic acids is 1. The van der Waals surface area contributed by atoms with E-state index in [9.17, 15) is 9.90 Å². The van der Waals surface area contributed by atoms with Crippen LogP contribution in [0.2, 0.25) is 0 Å². The van der Waals surface area contributed by atoms with Crippen LogP contribution < -0.4 is 10.2 Å². The Balaban J connectivity index is 2.02. The second-order valence-electron chi connectivity index (χ2n) is 9.08. The third-order valence-corrected chi connectivity index (χ3v) is 6.20. The van der Waals surface area contributed by atoms with E-state index < -0.39 is 0 Å². The standard InChI is InChI=1S/C25H42N2O2/c1-5-6-7-8-9-10-11-12-13-20-14-15-21-17-22(18-28)26-25(29)24(19(2)3)27(4)23(21)16-20/h14-16,19,22,24,28H,5-13,17-18H2,1-4H3,(H,26,29)/t22-,24-/m0/s1. The van der Waals surface area contributed by atoms with Gasteiger partial charge in [0.05, 0.1) is 12.6 Å². The normalized spacial score (nSPS) is 19.7. The summed E-state index contributed by atoms with van der Waals surface area (Å²) in [5.41, 5.74) is 3.71. The molecule has 4 heteroatoms. The van der Waals surface area contributed by atoms with Gasteiger partial charge in [-0.25, -0.2) is 0 Å². The SMILES string of the molecule is CCCCCCCCCCc1ccc2c(c1)N(C)[C@@H](C(C)C)C(=O)N[C@H](CO)C2. The van der Waals surface area contributed by atoms with Crippen molar-refractivity contribution in [1.29, 1.82) is 0 Å². The molecule has 1 aromatic carbocycles. The Hall–Kier alpha value is -1.55. The minimum absolute atomic E-state index is 0.0145. The molecule has 1 aliphatic heterocycles. The zero-order valence-corrected chi connectivity index (χ0v) is 19.0. The first kappa shape index (κ1) is 23.7. The fourth-order valence-corrected chi connectivity index (χ4v) is 4.52. The molecular weight excluding hydrogens is 360 g/mol. The van der Waals surface area contributed by atoms with Crippen LogP contribution in [0.4, 0.5) is 5.69 Å². The maximum atomic E-state index is 12.8. The highest BCUT2D eigenvalue weighted by Crippen LogP contribution is 2.29. The molecule has 1 amide bonds. The predicted molar refractivity (Wildman–Crippen MR) is 123 cm³/mol. The molecule has 2 N–H and O–H groups in total. The molecule has 0 bridgehead atoms. The van der Waals surface area contributed by atoms with E-state index in [1.807, 2.05) is 7.05 Å². The molecule has 1 aromatic rings. The first-order valence-corrected chi connectivity index (χ1v) is 11.7. The number of benzene rings is 1. The van der Waals surface area contributed by atoms with Gasteiger partial charge in [-0.1, -0.05) is 77.8 Å². The van der Waals surface area contributed by atoms with Crippen molar-refractivity contribution in [2.24, 2.45) is 5.92 Å². The summed E-state index contributed by atoms with van der Waals surface area (Å²) in [4.78, 5) is 14.9. The zero-order valence-electron chi connectivity index (χ0n) is 19.0. The molecule has 4 nitrogen and oxygen atoms in total. The van der Waals surface area contributed by atoms with Gasteiger partial charge in [-0.3, -0.25) is 4.79 Å². The van der Waals surface area contributed by atoms with Gasteiger partial charge in [0.2, 0.25) is 5.91 Å². The summed E-state index contributed by atoms with van der Waals surface area (Å²) in [7, 11) is 2.03. The van der Waals surface area contributed by atoms with Crippen molar-refractivity contribution in [2.75, 3.05) is 18.6 Å². The van der Waals surface area contributed by atoms with Crippen molar-refractivity contribution in [3.05, 3.63) is 29.3 Å². The lowest BCUT2D eigenvalue weighted by atomic mass is 9.93. The first-order valence-electron chi connectivity index (χ1n) is 11.7. The lowest BCUT2D eigenvalue weighted by Gasteiger charge is -2.37. The number of aryl methyl sites for hydroxylation is 1. The van der Waals surface area contributed by atoms with Crippen LogP contribution in [0.25, 0.3) is 0 Å². The predicted octanol–water partition coefficient (Wildman–Crippen LogP) is 4.86. The van der Waals surface area contributed by atoms with E-state index >= 15 is 0 Å². The van der Waals surface area contributed by atoms with Crippen LogP contribution in [0.5, 0.6) is 0 Å². The van der Waals surface area contributed by atoms with Gasteiger partial charge in [0, 0.05) is 12.7 Å². The lowest BCUT2D eigenvalue weighted by molar-refractivity contribution is -0.124. The molecule has 0 spiro atoms. The molecule has 0 aliphatic carbocycles. The maximum absolute atomic E-state index is 12.8. The topological polar surface area (TPSA) is 52.6 Å². The highest BCUT2D eigenvalue weighted by Gasteiger charge is 2.32. The molecule has 1 heterocycles. The highest BCUT2D eigenvalue weighted by molar-refractivity contribution is 5.86. The van der Waals surface area contributed by atoms with Gasteiger partial charge < -0.3 is 15.3 Å². The molecule has 2 atom stereocenters. The number of carbonyl (C=O) groups is 1. The second-order valence-corrected chi connectivity index (χ2v) is 9.08. The summed E-state index contributed by atoms with van der Waals surface area (Å²) in [6, 6.07) is 6.27. The van der Waals surface area contributed by atoms with E-state index in [1.165, 1.54) is 62.5 Å². The minimum Gasteiger partial charge on any atom is -0.394 e. The number of hydrogen-bond acceptors (Lipinski definition) is 3. The van der Waals surface area contributed by atoms with E-state index in [4.69, 9.17) is 0 Å². The van der Waals surface area contributed by atoms with Crippen molar-refractivity contribution in [3.8, 4) is 0 Å². The molecule has 0 fully saturated rings. The number of nitrogens with zero attached hydrogens (tertiary/aromatic N) is 1. The molecule has 0 saturated carbocycles.